The van der Waals surface area contributed by atoms with Crippen LogP contribution in [0.2, 0.25) is 0 Å². The minimum Gasteiger partial charge on any atom is -0.460 e. The lowest BCUT2D eigenvalue weighted by Gasteiger charge is -2.23. The molecule has 0 radical (unpaired) electrons. The van der Waals surface area contributed by atoms with Crippen molar-refractivity contribution in [3.8, 4) is 0 Å². The number of morpholine rings is 1. The molecule has 0 aromatic carbocycles. The molecule has 3 rings (SSSR count). The first kappa shape index (κ1) is 16.4. The quantitative estimate of drug-likeness (QED) is 0.391. The number of hydrazone groups is 1. The largest absolute Gasteiger partial charge is 0.460 e. The van der Waals surface area contributed by atoms with E-state index in [0.717, 1.165) is 56.8 Å². The third-order valence-electron chi connectivity index (χ3n) is 4.44. The van der Waals surface area contributed by atoms with Crippen LogP contribution >= 0.6 is 12.2 Å². The fourth-order valence-electron chi connectivity index (χ4n) is 2.81. The minimum absolute atomic E-state index is 0.538. The second-order valence-electron chi connectivity index (χ2n) is 6.30. The molecule has 0 unspecified atom stereocenters. The van der Waals surface area contributed by atoms with Gasteiger partial charge in [0.15, 0.2) is 5.11 Å². The molecule has 1 aromatic heterocycles. The SMILES string of the molecule is C[C@H]1C[C@@H]1c1ccc(/C=N\NC(=S)NCC[NH+]2CCOCC2)o1. The Morgan fingerprint density at radius 1 is 1.43 bits per heavy atom. The van der Waals surface area contributed by atoms with Crippen LogP contribution in [0.1, 0.15) is 30.8 Å². The first-order valence-corrected chi connectivity index (χ1v) is 8.71. The summed E-state index contributed by atoms with van der Waals surface area (Å²) in [6.07, 6.45) is 2.89. The Labute approximate surface area is 142 Å². The van der Waals surface area contributed by atoms with E-state index < -0.39 is 0 Å². The van der Waals surface area contributed by atoms with Crippen LogP contribution < -0.4 is 15.6 Å². The summed E-state index contributed by atoms with van der Waals surface area (Å²) < 4.78 is 11.1. The van der Waals surface area contributed by atoms with Gasteiger partial charge in [-0.25, -0.2) is 0 Å². The molecule has 2 atom stereocenters. The first-order chi connectivity index (χ1) is 11.2. The van der Waals surface area contributed by atoms with Crippen LogP contribution in [0.25, 0.3) is 0 Å². The number of nitrogens with zero attached hydrogens (tertiary/aromatic N) is 1. The molecule has 1 aliphatic carbocycles. The molecule has 2 fully saturated rings. The van der Waals surface area contributed by atoms with Gasteiger partial charge in [0.1, 0.15) is 24.6 Å². The van der Waals surface area contributed by atoms with Crippen molar-refractivity contribution >= 4 is 23.5 Å². The van der Waals surface area contributed by atoms with Crippen molar-refractivity contribution in [1.82, 2.24) is 10.7 Å². The van der Waals surface area contributed by atoms with Crippen molar-refractivity contribution in [3.05, 3.63) is 23.7 Å². The number of quaternary nitrogens is 1. The topological polar surface area (TPSA) is 63.2 Å². The smallest absolute Gasteiger partial charge is 0.187 e. The van der Waals surface area contributed by atoms with Gasteiger partial charge < -0.3 is 19.4 Å². The molecule has 1 saturated heterocycles. The van der Waals surface area contributed by atoms with Crippen molar-refractivity contribution < 1.29 is 14.1 Å². The molecule has 2 aliphatic rings. The number of hydrogen-bond acceptors (Lipinski definition) is 4. The molecule has 1 aromatic rings. The minimum atomic E-state index is 0.538. The van der Waals surface area contributed by atoms with E-state index in [-0.39, 0.29) is 0 Å². The van der Waals surface area contributed by atoms with E-state index in [9.17, 15) is 0 Å². The van der Waals surface area contributed by atoms with Gasteiger partial charge in [-0.15, -0.1) is 0 Å². The normalized spacial score (nSPS) is 24.7. The summed E-state index contributed by atoms with van der Waals surface area (Å²) in [6, 6.07) is 3.99. The van der Waals surface area contributed by atoms with Crippen molar-refractivity contribution in [2.75, 3.05) is 39.4 Å². The third kappa shape index (κ3) is 5.02. The van der Waals surface area contributed by atoms with Crippen LogP contribution in [0.15, 0.2) is 21.7 Å². The molecule has 1 saturated carbocycles. The molecule has 1 aliphatic heterocycles. The molecule has 0 amide bonds. The Hall–Kier alpha value is -1.44. The Balaban J connectivity index is 1.32. The molecule has 0 bridgehead atoms. The summed E-state index contributed by atoms with van der Waals surface area (Å²) in [4.78, 5) is 1.55. The summed E-state index contributed by atoms with van der Waals surface area (Å²) in [6.45, 7) is 7.96. The number of ether oxygens (including phenoxy) is 1. The fraction of sp³-hybridized carbons (Fsp3) is 0.625. The van der Waals surface area contributed by atoms with E-state index in [2.05, 4.69) is 22.8 Å². The maximum atomic E-state index is 5.75. The van der Waals surface area contributed by atoms with Gasteiger partial charge in [-0.3, -0.25) is 5.43 Å². The van der Waals surface area contributed by atoms with Crippen molar-refractivity contribution in [2.45, 2.75) is 19.3 Å². The number of hydrogen-bond donors (Lipinski definition) is 3. The maximum absolute atomic E-state index is 5.75. The van der Waals surface area contributed by atoms with Crippen LogP contribution in [0.3, 0.4) is 0 Å². The van der Waals surface area contributed by atoms with Gasteiger partial charge in [0.05, 0.1) is 32.5 Å². The van der Waals surface area contributed by atoms with Crippen molar-refractivity contribution in [1.29, 1.82) is 0 Å². The number of rotatable bonds is 6. The molecule has 6 nitrogen and oxygen atoms in total. The molecule has 23 heavy (non-hydrogen) atoms. The van der Waals surface area contributed by atoms with Crippen LogP contribution in [0.4, 0.5) is 0 Å². The Morgan fingerprint density at radius 2 is 2.22 bits per heavy atom. The summed E-state index contributed by atoms with van der Waals surface area (Å²) in [5, 5.41) is 7.83. The summed E-state index contributed by atoms with van der Waals surface area (Å²) in [5.74, 6) is 3.16. The summed E-state index contributed by atoms with van der Waals surface area (Å²) in [7, 11) is 0. The second-order valence-corrected chi connectivity index (χ2v) is 6.71. The highest BCUT2D eigenvalue weighted by Gasteiger charge is 2.36. The highest BCUT2D eigenvalue weighted by molar-refractivity contribution is 7.80. The van der Waals surface area contributed by atoms with Gasteiger partial charge in [-0.1, -0.05) is 6.92 Å². The van der Waals surface area contributed by atoms with E-state index in [1.807, 2.05) is 12.1 Å². The van der Waals surface area contributed by atoms with Crippen LogP contribution in [-0.2, 0) is 4.74 Å². The van der Waals surface area contributed by atoms with Crippen LogP contribution in [0.5, 0.6) is 0 Å². The second kappa shape index (κ2) is 7.90. The van der Waals surface area contributed by atoms with Gasteiger partial charge in [0, 0.05) is 5.92 Å². The molecule has 0 spiro atoms. The lowest BCUT2D eigenvalue weighted by molar-refractivity contribution is -0.906. The Bertz CT molecular complexity index is 554. The van der Waals surface area contributed by atoms with Gasteiger partial charge >= 0.3 is 0 Å². The average molecular weight is 337 g/mol. The average Bonchev–Trinajstić information content (AvgIpc) is 3.09. The number of furan rings is 1. The monoisotopic (exact) mass is 337 g/mol. The lowest BCUT2D eigenvalue weighted by Crippen LogP contribution is -3.14. The summed E-state index contributed by atoms with van der Waals surface area (Å²) >= 11 is 5.21. The summed E-state index contributed by atoms with van der Waals surface area (Å²) in [5.41, 5.74) is 2.83. The first-order valence-electron chi connectivity index (χ1n) is 8.30. The molecule has 126 valence electrons. The fourth-order valence-corrected chi connectivity index (χ4v) is 2.97. The van der Waals surface area contributed by atoms with Gasteiger partial charge in [0.2, 0.25) is 0 Å². The van der Waals surface area contributed by atoms with E-state index in [1.165, 1.54) is 6.42 Å². The van der Waals surface area contributed by atoms with Crippen molar-refractivity contribution in [3.63, 3.8) is 0 Å². The zero-order chi connectivity index (χ0) is 16.1. The van der Waals surface area contributed by atoms with Crippen LogP contribution in [0, 0.1) is 5.92 Å². The Kier molecular flexibility index (Phi) is 5.64. The van der Waals surface area contributed by atoms with E-state index in [4.69, 9.17) is 21.4 Å². The van der Waals surface area contributed by atoms with Crippen molar-refractivity contribution in [2.24, 2.45) is 11.0 Å². The lowest BCUT2D eigenvalue weighted by atomic mass is 10.3. The van der Waals surface area contributed by atoms with E-state index in [0.29, 0.717) is 11.0 Å². The highest BCUT2D eigenvalue weighted by atomic mass is 32.1. The van der Waals surface area contributed by atoms with Gasteiger partial charge in [0.25, 0.3) is 0 Å². The van der Waals surface area contributed by atoms with E-state index >= 15 is 0 Å². The molecular formula is C16H25N4O2S+. The zero-order valence-electron chi connectivity index (χ0n) is 13.5. The van der Waals surface area contributed by atoms with Gasteiger partial charge in [-0.2, -0.15) is 5.10 Å². The molecule has 3 N–H and O–H groups in total. The number of thiocarbonyl (C=S) groups is 1. The molecular weight excluding hydrogens is 312 g/mol. The number of nitrogens with one attached hydrogen (secondary N) is 3. The standard InChI is InChI=1S/C16H24N4O2S/c1-12-10-14(12)15-3-2-13(22-15)11-18-19-16(23)17-4-5-20-6-8-21-9-7-20/h2-3,11-12,14H,4-10H2,1H3,(H2,17,19,23)/p+1/b18-11-/t12-,14-/m0/s1. The molecule has 2 heterocycles. The van der Waals surface area contributed by atoms with Crippen LogP contribution in [-0.4, -0.2) is 50.7 Å². The maximum Gasteiger partial charge on any atom is 0.187 e. The Morgan fingerprint density at radius 3 is 2.96 bits per heavy atom. The predicted octanol–water partition coefficient (Wildman–Crippen LogP) is 0.116. The predicted molar refractivity (Wildman–Crippen MR) is 92.9 cm³/mol. The highest BCUT2D eigenvalue weighted by Crippen LogP contribution is 2.47. The molecule has 7 heteroatoms. The van der Waals surface area contributed by atoms with E-state index in [1.54, 1.807) is 11.1 Å². The third-order valence-corrected chi connectivity index (χ3v) is 4.68. The van der Waals surface area contributed by atoms with Gasteiger partial charge in [-0.05, 0) is 36.7 Å². The zero-order valence-corrected chi connectivity index (χ0v) is 14.3.